The molecule has 2 aliphatic carbocycles. The summed E-state index contributed by atoms with van der Waals surface area (Å²) in [6, 6.07) is 0. The molecule has 0 aromatic heterocycles. The Balaban J connectivity index is 0. The van der Waals surface area contributed by atoms with Gasteiger partial charge in [0.1, 0.15) is 0 Å². The van der Waals surface area contributed by atoms with Gasteiger partial charge in [0.15, 0.2) is 0 Å². The van der Waals surface area contributed by atoms with Gasteiger partial charge in [-0.1, -0.05) is 69.2 Å². The van der Waals surface area contributed by atoms with Crippen LogP contribution < -0.4 is 0 Å². The van der Waals surface area contributed by atoms with Crippen LogP contribution in [0.1, 0.15) is 69.2 Å². The molecule has 2 saturated carbocycles. The predicted octanol–water partition coefficient (Wildman–Crippen LogP) is 6.24. The van der Waals surface area contributed by atoms with Crippen molar-refractivity contribution < 1.29 is 24.3 Å². The zero-order chi connectivity index (χ0) is 17.8. The van der Waals surface area contributed by atoms with Crippen LogP contribution >= 0.6 is 12.4 Å². The number of rotatable bonds is 0. The van der Waals surface area contributed by atoms with Gasteiger partial charge in [-0.15, -0.1) is 12.4 Å². The summed E-state index contributed by atoms with van der Waals surface area (Å²) < 4.78 is 8.36. The quantitative estimate of drug-likeness (QED) is 0.382. The molecule has 10 radical (unpaired) electrons. The van der Waals surface area contributed by atoms with Gasteiger partial charge in [-0.2, -0.15) is 0 Å². The molecular weight excluding hydrogens is 473 g/mol. The average Bonchev–Trinajstić information content (AvgIpc) is 2.81. The molecule has 0 N–H and O–H groups in total. The third kappa shape index (κ3) is 5.94. The second-order valence-corrected chi connectivity index (χ2v) is 6.25. The Labute approximate surface area is 164 Å². The van der Waals surface area contributed by atoms with E-state index in [0.29, 0.717) is 0 Å². The van der Waals surface area contributed by atoms with E-state index in [1.165, 1.54) is 59.2 Å². The summed E-state index contributed by atoms with van der Waals surface area (Å²) in [4.78, 5) is 0. The van der Waals surface area contributed by atoms with Crippen molar-refractivity contribution >= 4 is 12.4 Å². The van der Waals surface area contributed by atoms with E-state index in [9.17, 15) is 0 Å². The van der Waals surface area contributed by atoms with Crippen LogP contribution in [0.5, 0.6) is 0 Å². The number of halogens is 1. The molecule has 0 atom stereocenters. The first-order chi connectivity index (χ1) is 10.1. The number of hydrogen-bond donors (Lipinski definition) is 0. The fourth-order valence-corrected chi connectivity index (χ4v) is 2.81. The van der Waals surface area contributed by atoms with Crippen molar-refractivity contribution in [3.05, 3.63) is 59.2 Å². The van der Waals surface area contributed by atoms with Crippen molar-refractivity contribution in [3.63, 3.8) is 0 Å². The standard InChI is InChI=1S/2C10H15.ClH.O.Ta/c2*1-6-7(2)9(4)10(5)8(6)3;;;/h2*1-5H3;1H;;. The van der Waals surface area contributed by atoms with Crippen molar-refractivity contribution in [1.82, 2.24) is 0 Å². The molecule has 0 spiro atoms. The van der Waals surface area contributed by atoms with E-state index in [-0.39, 0.29) is 33.4 Å². The SMILES string of the molecule is C[C]1[C](C)[C](C)[C](C)[C]1C.C[C]1[C](C)[C](C)[C](C)[C]1C.Cl.[O]=[Ta]. The molecule has 0 aromatic rings. The van der Waals surface area contributed by atoms with Gasteiger partial charge in [0, 0.05) is 0 Å². The first kappa shape index (κ1) is 26.1. The van der Waals surface area contributed by atoms with Crippen LogP contribution in [0.2, 0.25) is 0 Å². The fourth-order valence-electron chi connectivity index (χ4n) is 2.81. The molecule has 0 saturated heterocycles. The van der Waals surface area contributed by atoms with E-state index < -0.39 is 0 Å². The monoisotopic (exact) mass is 503 g/mol. The van der Waals surface area contributed by atoms with E-state index >= 15 is 0 Å². The second kappa shape index (κ2) is 11.4. The van der Waals surface area contributed by atoms with E-state index in [0.717, 1.165) is 0 Å². The van der Waals surface area contributed by atoms with Crippen molar-refractivity contribution in [2.24, 2.45) is 0 Å². The summed E-state index contributed by atoms with van der Waals surface area (Å²) in [6.07, 6.45) is 0. The van der Waals surface area contributed by atoms with Gasteiger partial charge in [0.25, 0.3) is 0 Å². The molecule has 0 aliphatic heterocycles. The van der Waals surface area contributed by atoms with Gasteiger partial charge in [0.2, 0.25) is 0 Å². The van der Waals surface area contributed by atoms with Gasteiger partial charge >= 0.3 is 24.3 Å². The first-order valence-electron chi connectivity index (χ1n) is 7.68. The van der Waals surface area contributed by atoms with Crippen molar-refractivity contribution in [3.8, 4) is 0 Å². The Morgan fingerprint density at radius 1 is 0.348 bits per heavy atom. The summed E-state index contributed by atoms with van der Waals surface area (Å²) in [5, 5.41) is 0. The predicted molar refractivity (Wildman–Crippen MR) is 97.1 cm³/mol. The summed E-state index contributed by atoms with van der Waals surface area (Å²) in [7, 11) is 0. The Morgan fingerprint density at radius 2 is 0.391 bits per heavy atom. The maximum absolute atomic E-state index is 8.36. The fraction of sp³-hybridized carbons (Fsp3) is 0.500. The summed E-state index contributed by atoms with van der Waals surface area (Å²) in [5.74, 6) is 14.7. The summed E-state index contributed by atoms with van der Waals surface area (Å²) in [5.41, 5.74) is 0. The summed E-state index contributed by atoms with van der Waals surface area (Å²) in [6.45, 7) is 22.0. The molecular formula is C20H31ClOTa. The minimum absolute atomic E-state index is 0. The topological polar surface area (TPSA) is 17.1 Å². The van der Waals surface area contributed by atoms with E-state index in [2.05, 4.69) is 69.2 Å². The molecule has 2 aliphatic rings. The third-order valence-electron chi connectivity index (χ3n) is 5.62. The van der Waals surface area contributed by atoms with Crippen LogP contribution in [0.3, 0.4) is 0 Å². The van der Waals surface area contributed by atoms with Crippen LogP contribution in [0.4, 0.5) is 0 Å². The molecule has 0 aromatic carbocycles. The van der Waals surface area contributed by atoms with Crippen LogP contribution in [0, 0.1) is 59.2 Å². The Hall–Kier alpha value is 0.830. The molecule has 1 nitrogen and oxygen atoms in total. The molecule has 2 fully saturated rings. The molecule has 0 bridgehead atoms. The normalized spacial score (nSPS) is 24.9. The second-order valence-electron chi connectivity index (χ2n) is 6.25. The van der Waals surface area contributed by atoms with Crippen molar-refractivity contribution in [2.45, 2.75) is 69.2 Å². The van der Waals surface area contributed by atoms with Gasteiger partial charge in [-0.05, 0) is 59.2 Å². The van der Waals surface area contributed by atoms with E-state index in [1.54, 1.807) is 0 Å². The van der Waals surface area contributed by atoms with Crippen molar-refractivity contribution in [1.29, 1.82) is 0 Å². The Morgan fingerprint density at radius 3 is 0.435 bits per heavy atom. The van der Waals surface area contributed by atoms with Gasteiger partial charge in [0.05, 0.1) is 0 Å². The molecule has 0 amide bonds. The average molecular weight is 504 g/mol. The van der Waals surface area contributed by atoms with Crippen LogP contribution in [-0.4, -0.2) is 0 Å². The van der Waals surface area contributed by atoms with Crippen LogP contribution in [0.25, 0.3) is 0 Å². The Bertz CT molecular complexity index is 205. The molecule has 0 unspecified atom stereocenters. The van der Waals surface area contributed by atoms with E-state index in [4.69, 9.17) is 3.25 Å². The molecule has 3 heteroatoms. The summed E-state index contributed by atoms with van der Waals surface area (Å²) >= 11 is 0.194. The molecule has 129 valence electrons. The van der Waals surface area contributed by atoms with Gasteiger partial charge < -0.3 is 0 Å². The Kier molecular flexibility index (Phi) is 13.0. The minimum atomic E-state index is 0. The molecule has 0 heterocycles. The van der Waals surface area contributed by atoms with E-state index in [1.807, 2.05) is 0 Å². The molecule has 2 rings (SSSR count). The zero-order valence-electron chi connectivity index (χ0n) is 16.3. The number of hydrogen-bond acceptors (Lipinski definition) is 1. The van der Waals surface area contributed by atoms with Gasteiger partial charge in [-0.25, -0.2) is 0 Å². The third-order valence-corrected chi connectivity index (χ3v) is 5.62. The maximum atomic E-state index is 8.36. The van der Waals surface area contributed by atoms with Crippen LogP contribution in [0.15, 0.2) is 0 Å². The molecule has 23 heavy (non-hydrogen) atoms. The zero-order valence-corrected chi connectivity index (χ0v) is 20.3. The van der Waals surface area contributed by atoms with Gasteiger partial charge in [-0.3, -0.25) is 0 Å². The van der Waals surface area contributed by atoms with Crippen LogP contribution in [-0.2, 0) is 24.3 Å². The van der Waals surface area contributed by atoms with Crippen molar-refractivity contribution in [2.75, 3.05) is 0 Å². The first-order valence-corrected chi connectivity index (χ1v) is 8.99.